The zero-order valence-electron chi connectivity index (χ0n) is 9.64. The van der Waals surface area contributed by atoms with Crippen molar-refractivity contribution in [3.05, 3.63) is 23.7 Å². The van der Waals surface area contributed by atoms with Gasteiger partial charge in [-0.15, -0.1) is 0 Å². The molecule has 0 aromatic carbocycles. The van der Waals surface area contributed by atoms with Crippen molar-refractivity contribution < 1.29 is 14.3 Å². The van der Waals surface area contributed by atoms with Crippen LogP contribution in [0.2, 0.25) is 0 Å². The van der Waals surface area contributed by atoms with Crippen LogP contribution in [0.25, 0.3) is 0 Å². The normalized spacial score (nSPS) is 17.7. The highest BCUT2D eigenvalue weighted by Gasteiger charge is 2.32. The van der Waals surface area contributed by atoms with E-state index in [4.69, 9.17) is 9.52 Å². The molecule has 1 unspecified atom stereocenters. The summed E-state index contributed by atoms with van der Waals surface area (Å²) in [6.07, 6.45) is 2.48. The molecule has 1 N–H and O–H groups in total. The second kappa shape index (κ2) is 4.29. The summed E-state index contributed by atoms with van der Waals surface area (Å²) in [7, 11) is 0. The molecule has 1 aliphatic carbocycles. The first-order valence-electron chi connectivity index (χ1n) is 5.72. The smallest absolute Gasteiger partial charge is 0.371 e. The van der Waals surface area contributed by atoms with Gasteiger partial charge in [0.15, 0.2) is 0 Å². The minimum Gasteiger partial charge on any atom is -0.475 e. The predicted molar refractivity (Wildman–Crippen MR) is 59.5 cm³/mol. The van der Waals surface area contributed by atoms with Gasteiger partial charge in [-0.2, -0.15) is 0 Å². The third-order valence-electron chi connectivity index (χ3n) is 3.13. The van der Waals surface area contributed by atoms with E-state index in [2.05, 4.69) is 18.7 Å². The molecule has 16 heavy (non-hydrogen) atoms. The van der Waals surface area contributed by atoms with Gasteiger partial charge in [0.2, 0.25) is 5.76 Å². The second-order valence-corrected chi connectivity index (χ2v) is 4.24. The van der Waals surface area contributed by atoms with Gasteiger partial charge in [0, 0.05) is 6.04 Å². The fourth-order valence-corrected chi connectivity index (χ4v) is 2.11. The summed E-state index contributed by atoms with van der Waals surface area (Å²) in [5, 5.41) is 8.79. The fourth-order valence-electron chi connectivity index (χ4n) is 2.11. The van der Waals surface area contributed by atoms with Crippen molar-refractivity contribution in [1.82, 2.24) is 4.90 Å². The highest BCUT2D eigenvalue weighted by molar-refractivity contribution is 5.84. The number of carboxylic acids is 1. The average molecular weight is 223 g/mol. The van der Waals surface area contributed by atoms with Crippen LogP contribution in [0.4, 0.5) is 0 Å². The number of aromatic carboxylic acids is 1. The molecule has 1 atom stereocenters. The van der Waals surface area contributed by atoms with Crippen molar-refractivity contribution in [2.45, 2.75) is 38.8 Å². The SMILES string of the molecule is CCN(C1CC1)C(C)c1ccc(C(=O)O)o1. The number of hydrogen-bond donors (Lipinski definition) is 1. The summed E-state index contributed by atoms with van der Waals surface area (Å²) in [5.74, 6) is -0.243. The van der Waals surface area contributed by atoms with Crippen molar-refractivity contribution in [2.75, 3.05) is 6.54 Å². The van der Waals surface area contributed by atoms with Crippen LogP contribution in [0.3, 0.4) is 0 Å². The molecule has 4 heteroatoms. The molecule has 4 nitrogen and oxygen atoms in total. The van der Waals surface area contributed by atoms with Gasteiger partial charge in [-0.1, -0.05) is 6.92 Å². The summed E-state index contributed by atoms with van der Waals surface area (Å²) in [6, 6.07) is 4.10. The Morgan fingerprint density at radius 2 is 2.31 bits per heavy atom. The molecule has 0 aliphatic heterocycles. The van der Waals surface area contributed by atoms with Crippen molar-refractivity contribution in [2.24, 2.45) is 0 Å². The van der Waals surface area contributed by atoms with Gasteiger partial charge < -0.3 is 9.52 Å². The van der Waals surface area contributed by atoms with Crippen LogP contribution in [0.15, 0.2) is 16.5 Å². The molecule has 0 bridgehead atoms. The molecule has 1 aromatic rings. The summed E-state index contributed by atoms with van der Waals surface area (Å²) in [6.45, 7) is 5.15. The van der Waals surface area contributed by atoms with Crippen molar-refractivity contribution in [3.63, 3.8) is 0 Å². The lowest BCUT2D eigenvalue weighted by Gasteiger charge is -2.25. The topological polar surface area (TPSA) is 53.7 Å². The molecule has 1 saturated carbocycles. The van der Waals surface area contributed by atoms with E-state index in [0.717, 1.165) is 12.3 Å². The lowest BCUT2D eigenvalue weighted by Crippen LogP contribution is -2.28. The molecule has 2 rings (SSSR count). The predicted octanol–water partition coefficient (Wildman–Crippen LogP) is 2.52. The first-order chi connectivity index (χ1) is 7.63. The van der Waals surface area contributed by atoms with Gasteiger partial charge in [-0.3, -0.25) is 4.90 Å². The fraction of sp³-hybridized carbons (Fsp3) is 0.583. The zero-order chi connectivity index (χ0) is 11.7. The molecular formula is C12H17NO3. The molecule has 0 saturated heterocycles. The van der Waals surface area contributed by atoms with Crippen LogP contribution >= 0.6 is 0 Å². The van der Waals surface area contributed by atoms with Gasteiger partial charge in [0.05, 0.1) is 6.04 Å². The molecule has 0 radical (unpaired) electrons. The summed E-state index contributed by atoms with van der Waals surface area (Å²) in [5.41, 5.74) is 0. The minimum atomic E-state index is -1.01. The summed E-state index contributed by atoms with van der Waals surface area (Å²) >= 11 is 0. The maximum Gasteiger partial charge on any atom is 0.371 e. The maximum atomic E-state index is 10.7. The van der Waals surface area contributed by atoms with E-state index < -0.39 is 5.97 Å². The van der Waals surface area contributed by atoms with Gasteiger partial charge in [-0.25, -0.2) is 4.79 Å². The Hall–Kier alpha value is -1.29. The third kappa shape index (κ3) is 2.11. The number of nitrogens with zero attached hydrogens (tertiary/aromatic N) is 1. The maximum absolute atomic E-state index is 10.7. The second-order valence-electron chi connectivity index (χ2n) is 4.24. The van der Waals surface area contributed by atoms with Crippen LogP contribution in [-0.4, -0.2) is 28.6 Å². The standard InChI is InChI=1S/C12H17NO3/c1-3-13(9-4-5-9)8(2)10-6-7-11(16-10)12(14)15/h6-9H,3-5H2,1-2H3,(H,14,15). The number of carbonyl (C=O) groups is 1. The molecule has 1 aliphatic rings. The first kappa shape index (κ1) is 11.2. The number of carboxylic acid groups (broad SMARTS) is 1. The Balaban J connectivity index is 2.12. The number of furan rings is 1. The average Bonchev–Trinajstić information content (AvgIpc) is 2.96. The van der Waals surface area contributed by atoms with Crippen LogP contribution in [0.1, 0.15) is 49.0 Å². The summed E-state index contributed by atoms with van der Waals surface area (Å²) < 4.78 is 5.33. The van der Waals surface area contributed by atoms with Gasteiger partial charge in [0.1, 0.15) is 5.76 Å². The van der Waals surface area contributed by atoms with Gasteiger partial charge >= 0.3 is 5.97 Å². The van der Waals surface area contributed by atoms with E-state index in [1.807, 2.05) is 0 Å². The lowest BCUT2D eigenvalue weighted by molar-refractivity contribution is 0.0655. The quantitative estimate of drug-likeness (QED) is 0.833. The van der Waals surface area contributed by atoms with Crippen molar-refractivity contribution in [1.29, 1.82) is 0 Å². The minimum absolute atomic E-state index is 0.0219. The molecular weight excluding hydrogens is 206 g/mol. The van der Waals surface area contributed by atoms with Gasteiger partial charge in [-0.05, 0) is 38.4 Å². The molecule has 0 spiro atoms. The van der Waals surface area contributed by atoms with E-state index in [-0.39, 0.29) is 11.8 Å². The van der Waals surface area contributed by atoms with E-state index in [1.54, 1.807) is 6.07 Å². The largest absolute Gasteiger partial charge is 0.475 e. The molecule has 1 fully saturated rings. The molecule has 1 heterocycles. The zero-order valence-corrected chi connectivity index (χ0v) is 9.64. The van der Waals surface area contributed by atoms with Crippen molar-refractivity contribution >= 4 is 5.97 Å². The molecule has 0 amide bonds. The van der Waals surface area contributed by atoms with Crippen LogP contribution in [0.5, 0.6) is 0 Å². The van der Waals surface area contributed by atoms with Crippen LogP contribution in [0, 0.1) is 0 Å². The lowest BCUT2D eigenvalue weighted by atomic mass is 10.2. The first-order valence-corrected chi connectivity index (χ1v) is 5.72. The van der Waals surface area contributed by atoms with E-state index in [0.29, 0.717) is 6.04 Å². The van der Waals surface area contributed by atoms with E-state index in [9.17, 15) is 4.79 Å². The molecule has 88 valence electrons. The highest BCUT2D eigenvalue weighted by Crippen LogP contribution is 2.34. The monoisotopic (exact) mass is 223 g/mol. The van der Waals surface area contributed by atoms with E-state index >= 15 is 0 Å². The molecule has 1 aromatic heterocycles. The Morgan fingerprint density at radius 3 is 2.75 bits per heavy atom. The number of hydrogen-bond acceptors (Lipinski definition) is 3. The Bertz CT molecular complexity index is 381. The van der Waals surface area contributed by atoms with Crippen molar-refractivity contribution in [3.8, 4) is 0 Å². The summed E-state index contributed by atoms with van der Waals surface area (Å²) in [4.78, 5) is 13.1. The van der Waals surface area contributed by atoms with Crippen LogP contribution < -0.4 is 0 Å². The highest BCUT2D eigenvalue weighted by atomic mass is 16.4. The van der Waals surface area contributed by atoms with Crippen LogP contribution in [-0.2, 0) is 0 Å². The van der Waals surface area contributed by atoms with E-state index in [1.165, 1.54) is 18.9 Å². The Labute approximate surface area is 94.9 Å². The Kier molecular flexibility index (Phi) is 3.01. The van der Waals surface area contributed by atoms with Gasteiger partial charge in [0.25, 0.3) is 0 Å². The Morgan fingerprint density at radius 1 is 1.62 bits per heavy atom. The number of rotatable bonds is 5. The third-order valence-corrected chi connectivity index (χ3v) is 3.13.